The van der Waals surface area contributed by atoms with Crippen molar-refractivity contribution >= 4 is 23.3 Å². The maximum absolute atomic E-state index is 12.2. The fourth-order valence-electron chi connectivity index (χ4n) is 2.79. The molecular weight excluding hydrogens is 316 g/mol. The highest BCUT2D eigenvalue weighted by Crippen LogP contribution is 2.20. The second-order valence-electron chi connectivity index (χ2n) is 5.71. The Kier molecular flexibility index (Phi) is 4.81. The third-order valence-electron chi connectivity index (χ3n) is 4.11. The number of amides is 1. The van der Waals surface area contributed by atoms with Crippen molar-refractivity contribution < 1.29 is 9.32 Å². The molecule has 1 saturated heterocycles. The Morgan fingerprint density at radius 2 is 2.22 bits per heavy atom. The van der Waals surface area contributed by atoms with Gasteiger partial charge in [-0.2, -0.15) is 0 Å². The molecule has 0 aliphatic carbocycles. The highest BCUT2D eigenvalue weighted by Gasteiger charge is 2.22. The van der Waals surface area contributed by atoms with Gasteiger partial charge in [-0.15, -0.1) is 0 Å². The van der Waals surface area contributed by atoms with Gasteiger partial charge in [-0.05, 0) is 43.5 Å². The lowest BCUT2D eigenvalue weighted by atomic mass is 10.0. The van der Waals surface area contributed by atoms with E-state index in [1.165, 1.54) is 0 Å². The lowest BCUT2D eigenvalue weighted by molar-refractivity contribution is -0.121. The van der Waals surface area contributed by atoms with E-state index < -0.39 is 0 Å². The van der Waals surface area contributed by atoms with Gasteiger partial charge >= 0.3 is 0 Å². The molecule has 3 rings (SSSR count). The summed E-state index contributed by atoms with van der Waals surface area (Å²) in [6.45, 7) is 3.55. The number of halogens is 1. The predicted molar refractivity (Wildman–Crippen MR) is 87.6 cm³/mol. The summed E-state index contributed by atoms with van der Waals surface area (Å²) in [6.07, 6.45) is 3.81. The van der Waals surface area contributed by atoms with Crippen molar-refractivity contribution in [3.05, 3.63) is 40.9 Å². The van der Waals surface area contributed by atoms with Crippen LogP contribution < -0.4 is 10.2 Å². The second-order valence-corrected chi connectivity index (χ2v) is 6.06. The monoisotopic (exact) mass is 334 g/mol. The number of rotatable bonds is 4. The fourth-order valence-corrected chi connectivity index (χ4v) is 3.03. The smallest absolute Gasteiger partial charge is 0.229 e. The molecule has 0 spiro atoms. The quantitative estimate of drug-likeness (QED) is 0.929. The van der Waals surface area contributed by atoms with Crippen LogP contribution in [0.15, 0.2) is 28.9 Å². The summed E-state index contributed by atoms with van der Waals surface area (Å²) in [5.41, 5.74) is 1.32. The zero-order chi connectivity index (χ0) is 16.2. The first kappa shape index (κ1) is 15.8. The molecule has 2 aromatic rings. The number of hydrogen-bond acceptors (Lipinski definition) is 5. The number of nitrogens with zero attached hydrogens (tertiary/aromatic N) is 3. The molecule has 6 nitrogen and oxygen atoms in total. The molecule has 0 bridgehead atoms. The van der Waals surface area contributed by atoms with Crippen LogP contribution in [0.25, 0.3) is 0 Å². The zero-order valence-electron chi connectivity index (χ0n) is 13.0. The summed E-state index contributed by atoms with van der Waals surface area (Å²) in [6, 6.07) is 6.09. The van der Waals surface area contributed by atoms with Crippen molar-refractivity contribution in [1.29, 1.82) is 0 Å². The SMILES string of the molecule is Cc1noc(Cl)c1CC(=O)NC1CCN(c2ccccn2)CC1. The Hall–Kier alpha value is -2.08. The number of piperidine rings is 1. The maximum atomic E-state index is 12.2. The second kappa shape index (κ2) is 7.00. The summed E-state index contributed by atoms with van der Waals surface area (Å²) in [5.74, 6) is 0.943. The van der Waals surface area contributed by atoms with Gasteiger partial charge in [0.05, 0.1) is 12.1 Å². The number of aromatic nitrogens is 2. The first-order valence-corrected chi connectivity index (χ1v) is 8.07. The molecule has 1 fully saturated rings. The zero-order valence-corrected chi connectivity index (χ0v) is 13.7. The summed E-state index contributed by atoms with van der Waals surface area (Å²) in [5, 5.41) is 7.03. The van der Waals surface area contributed by atoms with E-state index in [2.05, 4.69) is 20.4 Å². The average molecular weight is 335 g/mol. The lowest BCUT2D eigenvalue weighted by Gasteiger charge is -2.33. The minimum atomic E-state index is -0.0468. The molecule has 1 aliphatic heterocycles. The summed E-state index contributed by atoms with van der Waals surface area (Å²) >= 11 is 5.90. The number of carbonyl (C=O) groups is 1. The van der Waals surface area contributed by atoms with E-state index in [0.29, 0.717) is 11.3 Å². The molecule has 23 heavy (non-hydrogen) atoms. The molecule has 1 aliphatic rings. The molecule has 1 N–H and O–H groups in total. The molecule has 0 saturated carbocycles. The Labute approximate surface area is 139 Å². The van der Waals surface area contributed by atoms with E-state index in [9.17, 15) is 4.79 Å². The Balaban J connectivity index is 1.50. The number of nitrogens with one attached hydrogen (secondary N) is 1. The highest BCUT2D eigenvalue weighted by molar-refractivity contribution is 6.29. The van der Waals surface area contributed by atoms with E-state index >= 15 is 0 Å². The van der Waals surface area contributed by atoms with Crippen LogP contribution >= 0.6 is 11.6 Å². The summed E-state index contributed by atoms with van der Waals surface area (Å²) in [4.78, 5) is 18.8. The van der Waals surface area contributed by atoms with Gasteiger partial charge in [0, 0.05) is 30.9 Å². The van der Waals surface area contributed by atoms with Crippen molar-refractivity contribution in [2.45, 2.75) is 32.2 Å². The maximum Gasteiger partial charge on any atom is 0.229 e. The van der Waals surface area contributed by atoms with Crippen molar-refractivity contribution in [3.63, 3.8) is 0 Å². The summed E-state index contributed by atoms with van der Waals surface area (Å²) < 4.78 is 4.87. The Morgan fingerprint density at radius 3 is 2.83 bits per heavy atom. The molecule has 7 heteroatoms. The van der Waals surface area contributed by atoms with Crippen molar-refractivity contribution in [1.82, 2.24) is 15.5 Å². The lowest BCUT2D eigenvalue weighted by Crippen LogP contribution is -2.45. The van der Waals surface area contributed by atoms with Gasteiger partial charge in [-0.3, -0.25) is 4.79 Å². The predicted octanol–water partition coefficient (Wildman–Crippen LogP) is 2.36. The van der Waals surface area contributed by atoms with E-state index in [1.54, 1.807) is 13.1 Å². The first-order chi connectivity index (χ1) is 11.1. The van der Waals surface area contributed by atoms with Crippen LogP contribution in [0.4, 0.5) is 5.82 Å². The topological polar surface area (TPSA) is 71.3 Å². The van der Waals surface area contributed by atoms with Crippen molar-refractivity contribution in [2.75, 3.05) is 18.0 Å². The third-order valence-corrected chi connectivity index (χ3v) is 4.40. The first-order valence-electron chi connectivity index (χ1n) is 7.69. The van der Waals surface area contributed by atoms with E-state index in [0.717, 1.165) is 31.7 Å². The van der Waals surface area contributed by atoms with Crippen LogP contribution in [0.3, 0.4) is 0 Å². The van der Waals surface area contributed by atoms with Gasteiger partial charge in [0.25, 0.3) is 0 Å². The van der Waals surface area contributed by atoms with Crippen LogP contribution in [0.2, 0.25) is 5.22 Å². The number of carbonyl (C=O) groups excluding carboxylic acids is 1. The van der Waals surface area contributed by atoms with Gasteiger partial charge in [-0.1, -0.05) is 11.2 Å². The number of anilines is 1. The molecule has 0 atom stereocenters. The Bertz CT molecular complexity index is 646. The minimum Gasteiger partial charge on any atom is -0.356 e. The van der Waals surface area contributed by atoms with Crippen molar-refractivity contribution in [3.8, 4) is 0 Å². The van der Waals surface area contributed by atoms with Gasteiger partial charge in [0.2, 0.25) is 11.1 Å². The molecule has 0 radical (unpaired) electrons. The van der Waals surface area contributed by atoms with Crippen LogP contribution in [0.1, 0.15) is 24.1 Å². The Morgan fingerprint density at radius 1 is 1.43 bits per heavy atom. The summed E-state index contributed by atoms with van der Waals surface area (Å²) in [7, 11) is 0. The molecular formula is C16H19ClN4O2. The van der Waals surface area contributed by atoms with Crippen LogP contribution in [-0.2, 0) is 11.2 Å². The standard InChI is InChI=1S/C16H19ClN4O2/c1-11-13(16(17)23-20-11)10-15(22)19-12-5-8-21(9-6-12)14-4-2-3-7-18-14/h2-4,7,12H,5-6,8-10H2,1H3,(H,19,22). The molecule has 3 heterocycles. The highest BCUT2D eigenvalue weighted by atomic mass is 35.5. The van der Waals surface area contributed by atoms with E-state index in [-0.39, 0.29) is 23.6 Å². The third kappa shape index (κ3) is 3.82. The van der Waals surface area contributed by atoms with Crippen LogP contribution in [-0.4, -0.2) is 35.2 Å². The van der Waals surface area contributed by atoms with Crippen LogP contribution in [0.5, 0.6) is 0 Å². The normalized spacial score (nSPS) is 15.7. The van der Waals surface area contributed by atoms with Gasteiger partial charge in [0.1, 0.15) is 5.82 Å². The van der Waals surface area contributed by atoms with Gasteiger partial charge in [-0.25, -0.2) is 4.98 Å². The van der Waals surface area contributed by atoms with Gasteiger partial charge in [0.15, 0.2) is 0 Å². The van der Waals surface area contributed by atoms with Crippen LogP contribution in [0, 0.1) is 6.92 Å². The number of aryl methyl sites for hydroxylation is 1. The van der Waals surface area contributed by atoms with Gasteiger partial charge < -0.3 is 14.7 Å². The molecule has 122 valence electrons. The molecule has 0 unspecified atom stereocenters. The largest absolute Gasteiger partial charge is 0.356 e. The fraction of sp³-hybridized carbons (Fsp3) is 0.438. The average Bonchev–Trinajstić information content (AvgIpc) is 2.88. The minimum absolute atomic E-state index is 0.0468. The van der Waals surface area contributed by atoms with Crippen molar-refractivity contribution in [2.24, 2.45) is 0 Å². The molecule has 0 aromatic carbocycles. The van der Waals surface area contributed by atoms with E-state index in [1.807, 2.05) is 18.2 Å². The number of pyridine rings is 1. The van der Waals surface area contributed by atoms with E-state index in [4.69, 9.17) is 16.1 Å². The molecule has 2 aromatic heterocycles. The molecule has 1 amide bonds. The number of hydrogen-bond donors (Lipinski definition) is 1.